The van der Waals surface area contributed by atoms with Crippen molar-refractivity contribution in [2.24, 2.45) is 16.8 Å². The molecule has 134 valence electrons. The first-order valence-corrected chi connectivity index (χ1v) is 8.75. The number of guanidine groups is 1. The van der Waals surface area contributed by atoms with Crippen molar-refractivity contribution < 1.29 is 9.53 Å². The summed E-state index contributed by atoms with van der Waals surface area (Å²) in [6, 6.07) is 0. The molecule has 1 rings (SSSR count). The number of aliphatic imine (C=N–C) groups is 1. The molecule has 1 heterocycles. The van der Waals surface area contributed by atoms with Gasteiger partial charge in [-0.05, 0) is 31.6 Å². The van der Waals surface area contributed by atoms with E-state index >= 15 is 0 Å². The molecule has 1 saturated heterocycles. The Hall–Kier alpha value is -1.30. The van der Waals surface area contributed by atoms with Crippen LogP contribution in [0.15, 0.2) is 4.99 Å². The highest BCUT2D eigenvalue weighted by atomic mass is 16.5. The first-order valence-electron chi connectivity index (χ1n) is 8.75. The molecule has 2 unspecified atom stereocenters. The minimum Gasteiger partial charge on any atom is -0.382 e. The van der Waals surface area contributed by atoms with Crippen molar-refractivity contribution in [2.75, 3.05) is 53.5 Å². The average molecular weight is 326 g/mol. The molecule has 0 radical (unpaired) electrons. The molecule has 6 nitrogen and oxygen atoms in total. The van der Waals surface area contributed by atoms with Crippen molar-refractivity contribution in [3.63, 3.8) is 0 Å². The lowest BCUT2D eigenvalue weighted by atomic mass is 9.92. The number of likely N-dealkylation sites (tertiary alicyclic amines) is 1. The number of hydrogen-bond donors (Lipinski definition) is 1. The highest BCUT2D eigenvalue weighted by Gasteiger charge is 2.24. The molecule has 1 N–H and O–H groups in total. The lowest BCUT2D eigenvalue weighted by Gasteiger charge is -2.37. The predicted molar refractivity (Wildman–Crippen MR) is 94.6 cm³/mol. The van der Waals surface area contributed by atoms with E-state index in [1.165, 1.54) is 6.42 Å². The second kappa shape index (κ2) is 10.5. The lowest BCUT2D eigenvalue weighted by Crippen LogP contribution is -2.49. The summed E-state index contributed by atoms with van der Waals surface area (Å²) in [5.41, 5.74) is 0. The predicted octanol–water partition coefficient (Wildman–Crippen LogP) is 1.42. The molecule has 2 atom stereocenters. The van der Waals surface area contributed by atoms with E-state index < -0.39 is 0 Å². The van der Waals surface area contributed by atoms with Crippen LogP contribution in [0.1, 0.15) is 33.6 Å². The number of ether oxygens (including phenoxy) is 1. The van der Waals surface area contributed by atoms with Crippen LogP contribution < -0.4 is 5.32 Å². The molecule has 1 aliphatic rings. The van der Waals surface area contributed by atoms with Crippen LogP contribution in [0.5, 0.6) is 0 Å². The van der Waals surface area contributed by atoms with E-state index in [-0.39, 0.29) is 12.5 Å². The standard InChI is InChI=1S/C17H34N4O2/c1-6-23-9-7-8-18-17(19-11-16(22)20(4)5)21-12-14(2)10-15(3)13-21/h14-15H,6-13H2,1-5H3,(H,18,19). The number of carbonyl (C=O) groups is 1. The minimum atomic E-state index is 0.0247. The van der Waals surface area contributed by atoms with Crippen molar-refractivity contribution in [2.45, 2.75) is 33.6 Å². The van der Waals surface area contributed by atoms with Crippen LogP contribution in [0, 0.1) is 11.8 Å². The third kappa shape index (κ3) is 7.68. The van der Waals surface area contributed by atoms with Crippen LogP contribution >= 0.6 is 0 Å². The molecule has 0 bridgehead atoms. The summed E-state index contributed by atoms with van der Waals surface area (Å²) in [5.74, 6) is 2.18. The largest absolute Gasteiger partial charge is 0.382 e. The van der Waals surface area contributed by atoms with Gasteiger partial charge < -0.3 is 19.9 Å². The van der Waals surface area contributed by atoms with Gasteiger partial charge in [0.2, 0.25) is 5.91 Å². The number of likely N-dealkylation sites (N-methyl/N-ethyl adjacent to an activating group) is 1. The Balaban J connectivity index is 2.63. The lowest BCUT2D eigenvalue weighted by molar-refractivity contribution is -0.127. The topological polar surface area (TPSA) is 57.2 Å². The van der Waals surface area contributed by atoms with E-state index in [9.17, 15) is 4.79 Å². The van der Waals surface area contributed by atoms with Gasteiger partial charge in [0, 0.05) is 46.9 Å². The third-order valence-corrected chi connectivity index (χ3v) is 3.98. The molecule has 1 amide bonds. The summed E-state index contributed by atoms with van der Waals surface area (Å²) in [6.45, 7) is 11.1. The van der Waals surface area contributed by atoms with Gasteiger partial charge in [-0.25, -0.2) is 4.99 Å². The number of nitrogens with one attached hydrogen (secondary N) is 1. The number of carbonyl (C=O) groups excluding carboxylic acids is 1. The maximum absolute atomic E-state index is 11.8. The minimum absolute atomic E-state index is 0.0247. The van der Waals surface area contributed by atoms with Crippen LogP contribution in [0.25, 0.3) is 0 Å². The first kappa shape index (κ1) is 19.7. The number of hydrogen-bond acceptors (Lipinski definition) is 3. The molecular formula is C17H34N4O2. The van der Waals surface area contributed by atoms with Gasteiger partial charge in [-0.1, -0.05) is 13.8 Å². The summed E-state index contributed by atoms with van der Waals surface area (Å²) in [7, 11) is 3.52. The van der Waals surface area contributed by atoms with Crippen molar-refractivity contribution in [3.05, 3.63) is 0 Å². The Kier molecular flexibility index (Phi) is 8.99. The van der Waals surface area contributed by atoms with Gasteiger partial charge in [0.25, 0.3) is 0 Å². The van der Waals surface area contributed by atoms with Gasteiger partial charge in [0.15, 0.2) is 5.96 Å². The van der Waals surface area contributed by atoms with E-state index in [0.717, 1.165) is 45.2 Å². The van der Waals surface area contributed by atoms with Crippen LogP contribution in [-0.2, 0) is 9.53 Å². The second-order valence-corrected chi connectivity index (χ2v) is 6.76. The fourth-order valence-corrected chi connectivity index (χ4v) is 2.91. The zero-order chi connectivity index (χ0) is 17.2. The van der Waals surface area contributed by atoms with E-state index in [4.69, 9.17) is 4.74 Å². The Morgan fingerprint density at radius 2 is 1.96 bits per heavy atom. The highest BCUT2D eigenvalue weighted by molar-refractivity contribution is 5.84. The average Bonchev–Trinajstić information content (AvgIpc) is 2.48. The quantitative estimate of drug-likeness (QED) is 0.437. The van der Waals surface area contributed by atoms with Gasteiger partial charge in [0.1, 0.15) is 6.54 Å². The third-order valence-electron chi connectivity index (χ3n) is 3.98. The highest BCUT2D eigenvalue weighted by Crippen LogP contribution is 2.20. The molecular weight excluding hydrogens is 292 g/mol. The molecule has 0 saturated carbocycles. The van der Waals surface area contributed by atoms with Gasteiger partial charge in [-0.15, -0.1) is 0 Å². The monoisotopic (exact) mass is 326 g/mol. The van der Waals surface area contributed by atoms with Crippen molar-refractivity contribution in [3.8, 4) is 0 Å². The van der Waals surface area contributed by atoms with Crippen molar-refractivity contribution >= 4 is 11.9 Å². The molecule has 1 aliphatic heterocycles. The van der Waals surface area contributed by atoms with Crippen molar-refractivity contribution in [1.29, 1.82) is 0 Å². The molecule has 0 spiro atoms. The molecule has 0 aliphatic carbocycles. The van der Waals surface area contributed by atoms with Crippen molar-refractivity contribution in [1.82, 2.24) is 15.1 Å². The van der Waals surface area contributed by atoms with Gasteiger partial charge in [0.05, 0.1) is 0 Å². The van der Waals surface area contributed by atoms with E-state index in [0.29, 0.717) is 11.8 Å². The summed E-state index contributed by atoms with van der Waals surface area (Å²) in [5, 5.41) is 3.41. The van der Waals surface area contributed by atoms with Crippen LogP contribution in [0.3, 0.4) is 0 Å². The van der Waals surface area contributed by atoms with Crippen LogP contribution in [0.4, 0.5) is 0 Å². The zero-order valence-electron chi connectivity index (χ0n) is 15.5. The maximum atomic E-state index is 11.8. The van der Waals surface area contributed by atoms with E-state index in [1.54, 1.807) is 19.0 Å². The number of amides is 1. The van der Waals surface area contributed by atoms with Gasteiger partial charge in [-0.2, -0.15) is 0 Å². The molecule has 6 heteroatoms. The van der Waals surface area contributed by atoms with Crippen LogP contribution in [0.2, 0.25) is 0 Å². The fourth-order valence-electron chi connectivity index (χ4n) is 2.91. The van der Waals surface area contributed by atoms with Crippen LogP contribution in [-0.4, -0.2) is 75.2 Å². The fraction of sp³-hybridized carbons (Fsp3) is 0.882. The maximum Gasteiger partial charge on any atom is 0.243 e. The SMILES string of the molecule is CCOCCCNC(=NCC(=O)N(C)C)N1CC(C)CC(C)C1. The van der Waals surface area contributed by atoms with Gasteiger partial charge in [-0.3, -0.25) is 4.79 Å². The van der Waals surface area contributed by atoms with Gasteiger partial charge >= 0.3 is 0 Å². The summed E-state index contributed by atoms with van der Waals surface area (Å²) in [6.07, 6.45) is 2.19. The molecule has 0 aromatic rings. The summed E-state index contributed by atoms with van der Waals surface area (Å²) >= 11 is 0. The van der Waals surface area contributed by atoms with E-state index in [2.05, 4.69) is 29.1 Å². The summed E-state index contributed by atoms with van der Waals surface area (Å²) < 4.78 is 5.37. The molecule has 0 aromatic heterocycles. The Bertz CT molecular complexity index is 375. The number of nitrogens with zero attached hydrogens (tertiary/aromatic N) is 3. The second-order valence-electron chi connectivity index (χ2n) is 6.76. The number of rotatable bonds is 7. The molecule has 1 fully saturated rings. The van der Waals surface area contributed by atoms with E-state index in [1.807, 2.05) is 6.92 Å². The zero-order valence-corrected chi connectivity index (χ0v) is 15.5. The summed E-state index contributed by atoms with van der Waals surface area (Å²) in [4.78, 5) is 20.3. The Morgan fingerprint density at radius 3 is 2.52 bits per heavy atom. The number of piperidine rings is 1. The smallest absolute Gasteiger partial charge is 0.243 e. The first-order chi connectivity index (χ1) is 10.9. The molecule has 0 aromatic carbocycles. The normalized spacial score (nSPS) is 22.1. The Morgan fingerprint density at radius 1 is 1.30 bits per heavy atom. The Labute approximate surface area is 141 Å². The molecule has 23 heavy (non-hydrogen) atoms.